The van der Waals surface area contributed by atoms with E-state index in [0.29, 0.717) is 19.1 Å². The van der Waals surface area contributed by atoms with Crippen molar-refractivity contribution in [3.8, 4) is 0 Å². The van der Waals surface area contributed by atoms with E-state index < -0.39 is 5.60 Å². The summed E-state index contributed by atoms with van der Waals surface area (Å²) in [5.74, 6) is 0.214. The lowest BCUT2D eigenvalue weighted by Crippen LogP contribution is -2.32. The number of carbonyl (C=O) groups is 1. The summed E-state index contributed by atoms with van der Waals surface area (Å²) in [6, 6.07) is 10.0. The Balaban J connectivity index is 1.82. The molecule has 20 heavy (non-hydrogen) atoms. The second kappa shape index (κ2) is 6.40. The number of carbonyl (C=O) groups excluding carboxylic acids is 1. The summed E-state index contributed by atoms with van der Waals surface area (Å²) in [6.45, 7) is 6.71. The van der Waals surface area contributed by atoms with Gasteiger partial charge < -0.3 is 9.47 Å². The molecule has 2 rings (SSSR count). The molecule has 3 heteroatoms. The lowest BCUT2D eigenvalue weighted by Gasteiger charge is -2.24. The van der Waals surface area contributed by atoms with Gasteiger partial charge in [0, 0.05) is 0 Å². The van der Waals surface area contributed by atoms with Crippen LogP contribution in [0.1, 0.15) is 39.2 Å². The highest BCUT2D eigenvalue weighted by atomic mass is 16.6. The first-order valence-corrected chi connectivity index (χ1v) is 7.30. The van der Waals surface area contributed by atoms with Crippen molar-refractivity contribution >= 4 is 5.97 Å². The fourth-order valence-electron chi connectivity index (χ4n) is 2.15. The van der Waals surface area contributed by atoms with Crippen molar-refractivity contribution in [2.75, 3.05) is 6.61 Å². The Kier molecular flexibility index (Phi) is 4.81. The second-order valence-electron chi connectivity index (χ2n) is 6.48. The Labute approximate surface area is 121 Å². The molecule has 0 N–H and O–H groups in total. The number of ether oxygens (including phenoxy) is 2. The molecule has 1 unspecified atom stereocenters. The van der Waals surface area contributed by atoms with Gasteiger partial charge in [0.15, 0.2) is 0 Å². The van der Waals surface area contributed by atoms with E-state index in [1.54, 1.807) is 0 Å². The summed E-state index contributed by atoms with van der Waals surface area (Å²) in [5, 5.41) is 0. The Morgan fingerprint density at radius 2 is 1.90 bits per heavy atom. The standard InChI is InChI=1S/C17H24O3/c1-17(2,3)20-16(18)15(14-9-10-14)12-19-11-13-7-5-4-6-8-13/h4-8,14-15H,9-12H2,1-3H3. The minimum atomic E-state index is -0.427. The summed E-state index contributed by atoms with van der Waals surface area (Å²) in [5.41, 5.74) is 0.704. The summed E-state index contributed by atoms with van der Waals surface area (Å²) < 4.78 is 11.2. The molecule has 0 bridgehead atoms. The van der Waals surface area contributed by atoms with Gasteiger partial charge in [0.25, 0.3) is 0 Å². The van der Waals surface area contributed by atoms with Gasteiger partial charge in [0.05, 0.1) is 19.1 Å². The van der Waals surface area contributed by atoms with Crippen LogP contribution in [0.15, 0.2) is 30.3 Å². The third kappa shape index (κ3) is 4.97. The van der Waals surface area contributed by atoms with Gasteiger partial charge >= 0.3 is 5.97 Å². The summed E-state index contributed by atoms with van der Waals surface area (Å²) in [4.78, 5) is 12.2. The first-order chi connectivity index (χ1) is 9.46. The maximum Gasteiger partial charge on any atom is 0.312 e. The molecule has 0 heterocycles. The molecule has 0 spiro atoms. The molecule has 0 aromatic heterocycles. The first-order valence-electron chi connectivity index (χ1n) is 7.30. The highest BCUT2D eigenvalue weighted by Gasteiger charge is 2.38. The van der Waals surface area contributed by atoms with Crippen molar-refractivity contribution in [3.63, 3.8) is 0 Å². The van der Waals surface area contributed by atoms with E-state index in [4.69, 9.17) is 9.47 Å². The Morgan fingerprint density at radius 1 is 1.25 bits per heavy atom. The average molecular weight is 276 g/mol. The fourth-order valence-corrected chi connectivity index (χ4v) is 2.15. The van der Waals surface area contributed by atoms with Crippen molar-refractivity contribution in [1.82, 2.24) is 0 Å². The predicted octanol–water partition coefficient (Wildman–Crippen LogP) is 3.57. The molecule has 1 atom stereocenters. The topological polar surface area (TPSA) is 35.5 Å². The van der Waals surface area contributed by atoms with Crippen LogP contribution in [-0.2, 0) is 20.9 Å². The van der Waals surface area contributed by atoms with Crippen LogP contribution >= 0.6 is 0 Å². The van der Waals surface area contributed by atoms with Gasteiger partial charge in [-0.1, -0.05) is 30.3 Å². The molecule has 0 saturated heterocycles. The van der Waals surface area contributed by atoms with E-state index in [-0.39, 0.29) is 11.9 Å². The van der Waals surface area contributed by atoms with Gasteiger partial charge in [0.2, 0.25) is 0 Å². The van der Waals surface area contributed by atoms with Gasteiger partial charge in [-0.3, -0.25) is 4.79 Å². The molecule has 1 fully saturated rings. The van der Waals surface area contributed by atoms with Crippen molar-refractivity contribution in [1.29, 1.82) is 0 Å². The zero-order valence-corrected chi connectivity index (χ0v) is 12.6. The number of hydrogen-bond donors (Lipinski definition) is 0. The Bertz CT molecular complexity index is 429. The molecule has 0 amide bonds. The highest BCUT2D eigenvalue weighted by Crippen LogP contribution is 2.38. The third-order valence-corrected chi connectivity index (χ3v) is 3.31. The Morgan fingerprint density at radius 3 is 2.45 bits per heavy atom. The lowest BCUT2D eigenvalue weighted by molar-refractivity contribution is -0.163. The van der Waals surface area contributed by atoms with Gasteiger partial charge in [-0.15, -0.1) is 0 Å². The molecule has 110 valence electrons. The fraction of sp³-hybridized carbons (Fsp3) is 0.588. The first kappa shape index (κ1) is 15.0. The van der Waals surface area contributed by atoms with E-state index in [0.717, 1.165) is 18.4 Å². The van der Waals surface area contributed by atoms with Gasteiger partial charge in [0.1, 0.15) is 5.60 Å². The van der Waals surface area contributed by atoms with Gasteiger partial charge in [-0.05, 0) is 45.1 Å². The second-order valence-corrected chi connectivity index (χ2v) is 6.48. The SMILES string of the molecule is CC(C)(C)OC(=O)C(COCc1ccccc1)C1CC1. The van der Waals surface area contributed by atoms with Crippen LogP contribution in [-0.4, -0.2) is 18.2 Å². The van der Waals surface area contributed by atoms with Crippen LogP contribution in [0.2, 0.25) is 0 Å². The van der Waals surface area contributed by atoms with E-state index in [1.807, 2.05) is 51.1 Å². The van der Waals surface area contributed by atoms with E-state index in [1.165, 1.54) is 0 Å². The molecule has 0 aliphatic heterocycles. The normalized spacial score (nSPS) is 16.8. The van der Waals surface area contributed by atoms with Crippen molar-refractivity contribution in [2.45, 2.75) is 45.8 Å². The van der Waals surface area contributed by atoms with Gasteiger partial charge in [-0.25, -0.2) is 0 Å². The largest absolute Gasteiger partial charge is 0.460 e. The molecular weight excluding hydrogens is 252 g/mol. The van der Waals surface area contributed by atoms with Crippen LogP contribution in [0.4, 0.5) is 0 Å². The molecule has 1 saturated carbocycles. The summed E-state index contributed by atoms with van der Waals surface area (Å²) >= 11 is 0. The van der Waals surface area contributed by atoms with Crippen molar-refractivity contribution in [2.24, 2.45) is 11.8 Å². The maximum atomic E-state index is 12.2. The molecule has 1 aromatic rings. The highest BCUT2D eigenvalue weighted by molar-refractivity contribution is 5.73. The van der Waals surface area contributed by atoms with Crippen LogP contribution in [0.5, 0.6) is 0 Å². The lowest BCUT2D eigenvalue weighted by atomic mass is 10.0. The predicted molar refractivity (Wildman–Crippen MR) is 78.2 cm³/mol. The molecule has 1 aromatic carbocycles. The summed E-state index contributed by atoms with van der Waals surface area (Å²) in [7, 11) is 0. The van der Waals surface area contributed by atoms with Crippen LogP contribution < -0.4 is 0 Å². The number of rotatable bonds is 6. The molecular formula is C17H24O3. The van der Waals surface area contributed by atoms with Crippen LogP contribution in [0, 0.1) is 11.8 Å². The number of benzene rings is 1. The zero-order chi connectivity index (χ0) is 14.6. The van der Waals surface area contributed by atoms with Crippen LogP contribution in [0.3, 0.4) is 0 Å². The van der Waals surface area contributed by atoms with E-state index in [2.05, 4.69) is 0 Å². The van der Waals surface area contributed by atoms with Crippen molar-refractivity contribution in [3.05, 3.63) is 35.9 Å². The third-order valence-electron chi connectivity index (χ3n) is 3.31. The molecule has 1 aliphatic rings. The monoisotopic (exact) mass is 276 g/mol. The van der Waals surface area contributed by atoms with Gasteiger partial charge in [-0.2, -0.15) is 0 Å². The number of hydrogen-bond acceptors (Lipinski definition) is 3. The zero-order valence-electron chi connectivity index (χ0n) is 12.6. The minimum Gasteiger partial charge on any atom is -0.460 e. The average Bonchev–Trinajstić information content (AvgIpc) is 3.18. The minimum absolute atomic E-state index is 0.113. The molecule has 0 radical (unpaired) electrons. The number of esters is 1. The summed E-state index contributed by atoms with van der Waals surface area (Å²) in [6.07, 6.45) is 2.22. The quantitative estimate of drug-likeness (QED) is 0.745. The van der Waals surface area contributed by atoms with E-state index >= 15 is 0 Å². The van der Waals surface area contributed by atoms with E-state index in [9.17, 15) is 4.79 Å². The Hall–Kier alpha value is -1.35. The smallest absolute Gasteiger partial charge is 0.312 e. The van der Waals surface area contributed by atoms with Crippen LogP contribution in [0.25, 0.3) is 0 Å². The molecule has 3 nitrogen and oxygen atoms in total. The van der Waals surface area contributed by atoms with Crippen molar-refractivity contribution < 1.29 is 14.3 Å². The molecule has 1 aliphatic carbocycles. The maximum absolute atomic E-state index is 12.2.